The Labute approximate surface area is 116 Å². The number of carbonyl (C=O) groups excluding carboxylic acids is 2. The number of rotatable bonds is 5. The molecule has 6 heteroatoms. The minimum atomic E-state index is -0.628. The molecule has 110 valence electrons. The van der Waals surface area contributed by atoms with E-state index < -0.39 is 17.7 Å². The molecule has 0 aromatic heterocycles. The first-order chi connectivity index (χ1) is 9.36. The molecule has 1 unspecified atom stereocenters. The fraction of sp³-hybridized carbons (Fsp3) is 0.429. The fourth-order valence-electron chi connectivity index (χ4n) is 1.68. The van der Waals surface area contributed by atoms with Gasteiger partial charge in [0.2, 0.25) is 11.8 Å². The van der Waals surface area contributed by atoms with Crippen LogP contribution in [0.15, 0.2) is 18.2 Å². The number of hydrogen-bond acceptors (Lipinski definition) is 2. The summed E-state index contributed by atoms with van der Waals surface area (Å²) in [4.78, 5) is 24.2. The van der Waals surface area contributed by atoms with E-state index in [1.807, 2.05) is 0 Å². The highest BCUT2D eigenvalue weighted by Crippen LogP contribution is 2.22. The van der Waals surface area contributed by atoms with Gasteiger partial charge in [-0.2, -0.15) is 0 Å². The van der Waals surface area contributed by atoms with Crippen molar-refractivity contribution in [2.75, 3.05) is 13.6 Å². The van der Waals surface area contributed by atoms with E-state index >= 15 is 0 Å². The Bertz CT molecular complexity index is 506. The van der Waals surface area contributed by atoms with Crippen LogP contribution in [0.4, 0.5) is 8.78 Å². The van der Waals surface area contributed by atoms with Crippen molar-refractivity contribution in [3.05, 3.63) is 35.4 Å². The van der Waals surface area contributed by atoms with E-state index in [4.69, 9.17) is 0 Å². The van der Waals surface area contributed by atoms with Gasteiger partial charge in [-0.1, -0.05) is 6.92 Å². The summed E-state index contributed by atoms with van der Waals surface area (Å²) in [6, 6.07) is 2.48. The minimum Gasteiger partial charge on any atom is -0.347 e. The van der Waals surface area contributed by atoms with E-state index in [1.54, 1.807) is 13.8 Å². The summed E-state index contributed by atoms with van der Waals surface area (Å²) in [7, 11) is 1.48. The molecule has 1 rings (SSSR count). The standard InChI is InChI=1S/C14H18F2N2O2/c1-4-13(19)17-8-14(20)18(3)9(2)11-7-10(15)5-6-12(11)16/h5-7,9H,4,8H2,1-3H3,(H,17,19). The van der Waals surface area contributed by atoms with E-state index in [0.717, 1.165) is 18.2 Å². The number of hydrogen-bond donors (Lipinski definition) is 1. The molecule has 0 fully saturated rings. The van der Waals surface area contributed by atoms with Crippen LogP contribution in [0.5, 0.6) is 0 Å². The summed E-state index contributed by atoms with van der Waals surface area (Å²) in [6.45, 7) is 3.11. The molecule has 0 aliphatic rings. The number of amides is 2. The first-order valence-corrected chi connectivity index (χ1v) is 6.34. The zero-order valence-corrected chi connectivity index (χ0v) is 11.7. The molecule has 1 aromatic carbocycles. The van der Waals surface area contributed by atoms with Gasteiger partial charge in [0.05, 0.1) is 12.6 Å². The van der Waals surface area contributed by atoms with Crippen LogP contribution in [0.25, 0.3) is 0 Å². The maximum absolute atomic E-state index is 13.6. The van der Waals surface area contributed by atoms with Gasteiger partial charge in [-0.3, -0.25) is 9.59 Å². The maximum Gasteiger partial charge on any atom is 0.242 e. The van der Waals surface area contributed by atoms with Crippen LogP contribution in [0, 0.1) is 11.6 Å². The minimum absolute atomic E-state index is 0.0997. The monoisotopic (exact) mass is 284 g/mol. The number of likely N-dealkylation sites (N-methyl/N-ethyl adjacent to an activating group) is 1. The largest absolute Gasteiger partial charge is 0.347 e. The van der Waals surface area contributed by atoms with Crippen LogP contribution in [0.3, 0.4) is 0 Å². The average Bonchev–Trinajstić information content (AvgIpc) is 2.45. The quantitative estimate of drug-likeness (QED) is 0.899. The highest BCUT2D eigenvalue weighted by Gasteiger charge is 2.20. The smallest absolute Gasteiger partial charge is 0.242 e. The zero-order chi connectivity index (χ0) is 15.3. The molecule has 0 aliphatic heterocycles. The topological polar surface area (TPSA) is 49.4 Å². The normalized spacial score (nSPS) is 11.8. The molecular formula is C14H18F2N2O2. The molecular weight excluding hydrogens is 266 g/mol. The van der Waals surface area contributed by atoms with Gasteiger partial charge in [-0.15, -0.1) is 0 Å². The third-order valence-electron chi connectivity index (χ3n) is 3.14. The van der Waals surface area contributed by atoms with Crippen LogP contribution in [-0.4, -0.2) is 30.3 Å². The van der Waals surface area contributed by atoms with Crippen molar-refractivity contribution in [3.8, 4) is 0 Å². The molecule has 1 N–H and O–H groups in total. The highest BCUT2D eigenvalue weighted by atomic mass is 19.1. The van der Waals surface area contributed by atoms with E-state index in [-0.39, 0.29) is 30.3 Å². The van der Waals surface area contributed by atoms with E-state index in [9.17, 15) is 18.4 Å². The lowest BCUT2D eigenvalue weighted by Gasteiger charge is -2.25. The van der Waals surface area contributed by atoms with Gasteiger partial charge in [0.25, 0.3) is 0 Å². The van der Waals surface area contributed by atoms with Crippen molar-refractivity contribution in [2.24, 2.45) is 0 Å². The molecule has 0 bridgehead atoms. The van der Waals surface area contributed by atoms with Crippen molar-refractivity contribution in [1.82, 2.24) is 10.2 Å². The van der Waals surface area contributed by atoms with Crippen molar-refractivity contribution >= 4 is 11.8 Å². The predicted octanol–water partition coefficient (Wildman–Crippen LogP) is 2.01. The van der Waals surface area contributed by atoms with Gasteiger partial charge in [0, 0.05) is 19.0 Å². The lowest BCUT2D eigenvalue weighted by molar-refractivity contribution is -0.133. The second-order valence-electron chi connectivity index (χ2n) is 4.48. The van der Waals surface area contributed by atoms with Crippen LogP contribution in [0.1, 0.15) is 31.9 Å². The van der Waals surface area contributed by atoms with Crippen molar-refractivity contribution < 1.29 is 18.4 Å². The first-order valence-electron chi connectivity index (χ1n) is 6.34. The molecule has 0 radical (unpaired) electrons. The maximum atomic E-state index is 13.6. The lowest BCUT2D eigenvalue weighted by Crippen LogP contribution is -2.39. The average molecular weight is 284 g/mol. The fourth-order valence-corrected chi connectivity index (χ4v) is 1.68. The van der Waals surface area contributed by atoms with Crippen molar-refractivity contribution in [1.29, 1.82) is 0 Å². The Morgan fingerprint density at radius 1 is 1.35 bits per heavy atom. The molecule has 0 spiro atoms. The van der Waals surface area contributed by atoms with Gasteiger partial charge < -0.3 is 10.2 Å². The number of benzene rings is 1. The lowest BCUT2D eigenvalue weighted by atomic mass is 10.1. The molecule has 0 saturated carbocycles. The third kappa shape index (κ3) is 4.01. The van der Waals surface area contributed by atoms with Crippen LogP contribution in [0.2, 0.25) is 0 Å². The number of nitrogens with one attached hydrogen (secondary N) is 1. The molecule has 1 aromatic rings. The Morgan fingerprint density at radius 3 is 2.60 bits per heavy atom. The number of nitrogens with zero attached hydrogens (tertiary/aromatic N) is 1. The second kappa shape index (κ2) is 6.98. The molecule has 0 saturated heterocycles. The van der Waals surface area contributed by atoms with Gasteiger partial charge in [0.15, 0.2) is 0 Å². The highest BCUT2D eigenvalue weighted by molar-refractivity contribution is 5.84. The number of halogens is 2. The third-order valence-corrected chi connectivity index (χ3v) is 3.14. The Morgan fingerprint density at radius 2 is 2.00 bits per heavy atom. The van der Waals surface area contributed by atoms with E-state index in [0.29, 0.717) is 0 Å². The zero-order valence-electron chi connectivity index (χ0n) is 11.7. The van der Waals surface area contributed by atoms with E-state index in [2.05, 4.69) is 5.32 Å². The predicted molar refractivity (Wildman–Crippen MR) is 70.8 cm³/mol. The summed E-state index contributed by atoms with van der Waals surface area (Å²) in [5, 5.41) is 2.45. The Balaban J connectivity index is 2.75. The Kier molecular flexibility index (Phi) is 5.61. The van der Waals surface area contributed by atoms with Crippen LogP contribution in [-0.2, 0) is 9.59 Å². The van der Waals surface area contributed by atoms with Crippen LogP contribution < -0.4 is 5.32 Å². The first kappa shape index (κ1) is 16.1. The van der Waals surface area contributed by atoms with Crippen molar-refractivity contribution in [2.45, 2.75) is 26.3 Å². The summed E-state index contributed by atoms with van der Waals surface area (Å²) in [5.41, 5.74) is 0.0997. The summed E-state index contributed by atoms with van der Waals surface area (Å²) in [5.74, 6) is -1.75. The van der Waals surface area contributed by atoms with Gasteiger partial charge in [-0.25, -0.2) is 8.78 Å². The molecule has 4 nitrogen and oxygen atoms in total. The molecule has 20 heavy (non-hydrogen) atoms. The Hall–Kier alpha value is -1.98. The number of carbonyl (C=O) groups is 2. The van der Waals surface area contributed by atoms with Gasteiger partial charge in [0.1, 0.15) is 11.6 Å². The molecule has 0 heterocycles. The van der Waals surface area contributed by atoms with Gasteiger partial charge in [-0.05, 0) is 25.1 Å². The summed E-state index contributed by atoms with van der Waals surface area (Å²) < 4.78 is 26.8. The van der Waals surface area contributed by atoms with Gasteiger partial charge >= 0.3 is 0 Å². The molecule has 0 aliphatic carbocycles. The van der Waals surface area contributed by atoms with Crippen LogP contribution >= 0.6 is 0 Å². The summed E-state index contributed by atoms with van der Waals surface area (Å²) >= 11 is 0. The molecule has 2 amide bonds. The summed E-state index contributed by atoms with van der Waals surface area (Å²) in [6.07, 6.45) is 0.283. The van der Waals surface area contributed by atoms with E-state index in [1.165, 1.54) is 11.9 Å². The van der Waals surface area contributed by atoms with Crippen molar-refractivity contribution in [3.63, 3.8) is 0 Å². The SMILES string of the molecule is CCC(=O)NCC(=O)N(C)C(C)c1cc(F)ccc1F. The second-order valence-corrected chi connectivity index (χ2v) is 4.48. The molecule has 1 atom stereocenters.